The molecule has 0 fully saturated rings. The van der Waals surface area contributed by atoms with Crippen LogP contribution < -0.4 is 20.1 Å². The van der Waals surface area contributed by atoms with E-state index in [0.717, 1.165) is 11.1 Å². The van der Waals surface area contributed by atoms with Crippen LogP contribution in [-0.4, -0.2) is 28.9 Å². The standard InChI is InChI=1S/C29H28N4O6S2/c1-20-7-3-5-9-26(20)40(36,37)32-28(34)30-24-15-11-22(12-16-24)19-23-13-17-25(18-14-23)31-29(35)33-41(38,39)27-10-6-4-8-21(27)2/h3-18H,19H2,1-2H3,(H2,30,32,34)(H2,31,33,35). The van der Waals surface area contributed by atoms with Gasteiger partial charge in [-0.15, -0.1) is 0 Å². The number of amides is 4. The fraction of sp³-hybridized carbons (Fsp3) is 0.103. The van der Waals surface area contributed by atoms with Gasteiger partial charge >= 0.3 is 12.1 Å². The van der Waals surface area contributed by atoms with Gasteiger partial charge in [-0.2, -0.15) is 0 Å². The predicted octanol–water partition coefficient (Wildman–Crippen LogP) is 4.92. The highest BCUT2D eigenvalue weighted by Gasteiger charge is 2.20. The Morgan fingerprint density at radius 3 is 1.22 bits per heavy atom. The molecule has 212 valence electrons. The number of urea groups is 2. The van der Waals surface area contributed by atoms with Gasteiger partial charge in [-0.1, -0.05) is 60.7 Å². The highest BCUT2D eigenvalue weighted by Crippen LogP contribution is 2.18. The summed E-state index contributed by atoms with van der Waals surface area (Å²) in [7, 11) is -8.03. The van der Waals surface area contributed by atoms with Crippen LogP contribution in [0.4, 0.5) is 21.0 Å². The average Bonchev–Trinajstić information content (AvgIpc) is 2.90. The maximum Gasteiger partial charge on any atom is 0.333 e. The summed E-state index contributed by atoms with van der Waals surface area (Å²) in [6.45, 7) is 3.29. The molecule has 4 N–H and O–H groups in total. The molecule has 0 aromatic heterocycles. The highest BCUT2D eigenvalue weighted by atomic mass is 32.2. The molecule has 41 heavy (non-hydrogen) atoms. The second-order valence-electron chi connectivity index (χ2n) is 9.22. The summed E-state index contributed by atoms with van der Waals surface area (Å²) >= 11 is 0. The molecule has 0 aliphatic carbocycles. The van der Waals surface area contributed by atoms with Gasteiger partial charge in [-0.3, -0.25) is 0 Å². The Hall–Kier alpha value is -4.68. The summed E-state index contributed by atoms with van der Waals surface area (Å²) in [4.78, 5) is 24.6. The highest BCUT2D eigenvalue weighted by molar-refractivity contribution is 7.90. The molecule has 12 heteroatoms. The van der Waals surface area contributed by atoms with Crippen molar-refractivity contribution >= 4 is 43.5 Å². The molecule has 4 rings (SSSR count). The number of nitrogens with one attached hydrogen (secondary N) is 4. The lowest BCUT2D eigenvalue weighted by Crippen LogP contribution is -2.34. The zero-order valence-electron chi connectivity index (χ0n) is 22.2. The molecule has 0 unspecified atom stereocenters. The third-order valence-electron chi connectivity index (χ3n) is 6.05. The number of aryl methyl sites for hydroxylation is 2. The van der Waals surface area contributed by atoms with E-state index < -0.39 is 32.1 Å². The van der Waals surface area contributed by atoms with E-state index in [1.54, 1.807) is 98.8 Å². The predicted molar refractivity (Wildman–Crippen MR) is 157 cm³/mol. The Bertz CT molecular complexity index is 1660. The number of sulfonamides is 2. The Morgan fingerprint density at radius 1 is 0.537 bits per heavy atom. The van der Waals surface area contributed by atoms with E-state index in [2.05, 4.69) is 10.6 Å². The van der Waals surface area contributed by atoms with E-state index in [4.69, 9.17) is 0 Å². The number of benzene rings is 4. The largest absolute Gasteiger partial charge is 0.333 e. The number of anilines is 2. The van der Waals surface area contributed by atoms with Crippen LogP contribution in [0.25, 0.3) is 0 Å². The van der Waals surface area contributed by atoms with Gasteiger partial charge in [0.15, 0.2) is 0 Å². The van der Waals surface area contributed by atoms with Crippen LogP contribution in [0.3, 0.4) is 0 Å². The lowest BCUT2D eigenvalue weighted by molar-refractivity contribution is 0.255. The van der Waals surface area contributed by atoms with Crippen LogP contribution in [0.5, 0.6) is 0 Å². The number of carbonyl (C=O) groups is 2. The van der Waals surface area contributed by atoms with Crippen LogP contribution in [0.2, 0.25) is 0 Å². The van der Waals surface area contributed by atoms with Crippen LogP contribution in [0, 0.1) is 13.8 Å². The molecule has 0 atom stereocenters. The molecule has 0 aliphatic heterocycles. The minimum absolute atomic E-state index is 0.0275. The van der Waals surface area contributed by atoms with Crippen molar-refractivity contribution in [3.8, 4) is 0 Å². The van der Waals surface area contributed by atoms with E-state index in [0.29, 0.717) is 28.9 Å². The van der Waals surface area contributed by atoms with Gasteiger partial charge in [0, 0.05) is 11.4 Å². The fourth-order valence-corrected chi connectivity index (χ4v) is 6.34. The van der Waals surface area contributed by atoms with Crippen molar-refractivity contribution in [2.75, 3.05) is 10.6 Å². The second kappa shape index (κ2) is 12.2. The van der Waals surface area contributed by atoms with E-state index in [1.165, 1.54) is 12.1 Å². The van der Waals surface area contributed by atoms with E-state index in [-0.39, 0.29) is 9.79 Å². The van der Waals surface area contributed by atoms with Crippen molar-refractivity contribution in [3.63, 3.8) is 0 Å². The van der Waals surface area contributed by atoms with Crippen LogP contribution in [0.15, 0.2) is 107 Å². The Kier molecular flexibility index (Phi) is 8.74. The molecule has 0 spiro atoms. The molecule has 4 aromatic carbocycles. The maximum atomic E-state index is 12.5. The molecule has 10 nitrogen and oxygen atoms in total. The second-order valence-corrected chi connectivity index (χ2v) is 12.5. The number of hydrogen-bond donors (Lipinski definition) is 4. The van der Waals surface area contributed by atoms with Crippen LogP contribution >= 0.6 is 0 Å². The van der Waals surface area contributed by atoms with Gasteiger partial charge in [0.25, 0.3) is 20.0 Å². The van der Waals surface area contributed by atoms with Crippen molar-refractivity contribution in [2.45, 2.75) is 30.1 Å². The van der Waals surface area contributed by atoms with Crippen LogP contribution in [0.1, 0.15) is 22.3 Å². The number of hydrogen-bond acceptors (Lipinski definition) is 6. The first-order valence-electron chi connectivity index (χ1n) is 12.4. The van der Waals surface area contributed by atoms with Crippen molar-refractivity contribution in [1.29, 1.82) is 0 Å². The molecule has 0 radical (unpaired) electrons. The van der Waals surface area contributed by atoms with Crippen molar-refractivity contribution in [3.05, 3.63) is 119 Å². The fourth-order valence-electron chi connectivity index (χ4n) is 4.03. The third-order valence-corrected chi connectivity index (χ3v) is 9.03. The number of rotatable bonds is 8. The topological polar surface area (TPSA) is 151 Å². The Morgan fingerprint density at radius 2 is 0.878 bits per heavy atom. The summed E-state index contributed by atoms with van der Waals surface area (Å²) < 4.78 is 54.0. The van der Waals surface area contributed by atoms with Gasteiger partial charge in [0.2, 0.25) is 0 Å². The Balaban J connectivity index is 1.30. The minimum Gasteiger partial charge on any atom is -0.307 e. The third kappa shape index (κ3) is 7.71. The first-order chi connectivity index (χ1) is 19.4. The molecule has 4 amide bonds. The summed E-state index contributed by atoms with van der Waals surface area (Å²) in [5.41, 5.74) is 3.72. The molecular formula is C29H28N4O6S2. The first kappa shape index (κ1) is 29.3. The van der Waals surface area contributed by atoms with Crippen molar-refractivity contribution in [1.82, 2.24) is 9.44 Å². The van der Waals surface area contributed by atoms with E-state index in [1.807, 2.05) is 9.44 Å². The van der Waals surface area contributed by atoms with Gasteiger partial charge in [0.05, 0.1) is 9.79 Å². The van der Waals surface area contributed by atoms with E-state index in [9.17, 15) is 26.4 Å². The normalized spacial score (nSPS) is 11.4. The summed E-state index contributed by atoms with van der Waals surface area (Å²) in [6, 6.07) is 24.8. The van der Waals surface area contributed by atoms with Crippen LogP contribution in [-0.2, 0) is 26.5 Å². The minimum atomic E-state index is -4.02. The molecule has 0 saturated carbocycles. The summed E-state index contributed by atoms with van der Waals surface area (Å²) in [5, 5.41) is 5.03. The zero-order valence-corrected chi connectivity index (χ0v) is 23.8. The lowest BCUT2D eigenvalue weighted by Gasteiger charge is -2.11. The molecule has 0 heterocycles. The molecule has 4 aromatic rings. The van der Waals surface area contributed by atoms with Gasteiger partial charge in [-0.05, 0) is 78.9 Å². The first-order valence-corrected chi connectivity index (χ1v) is 15.4. The number of carbonyl (C=O) groups excluding carboxylic acids is 2. The quantitative estimate of drug-likeness (QED) is 0.228. The average molecular weight is 593 g/mol. The molecule has 0 aliphatic rings. The lowest BCUT2D eigenvalue weighted by atomic mass is 10.0. The summed E-state index contributed by atoms with van der Waals surface area (Å²) in [6.07, 6.45) is 0.544. The van der Waals surface area contributed by atoms with E-state index >= 15 is 0 Å². The smallest absolute Gasteiger partial charge is 0.307 e. The summed E-state index contributed by atoms with van der Waals surface area (Å²) in [5.74, 6) is 0. The van der Waals surface area contributed by atoms with Crippen molar-refractivity contribution < 1.29 is 26.4 Å². The van der Waals surface area contributed by atoms with Gasteiger partial charge < -0.3 is 10.6 Å². The van der Waals surface area contributed by atoms with Crippen molar-refractivity contribution in [2.24, 2.45) is 0 Å². The Labute approximate surface area is 238 Å². The zero-order chi connectivity index (χ0) is 29.6. The monoisotopic (exact) mass is 592 g/mol. The SMILES string of the molecule is Cc1ccccc1S(=O)(=O)NC(=O)Nc1ccc(Cc2ccc(NC(=O)NS(=O)(=O)c3ccccc3C)cc2)cc1. The molecule has 0 saturated heterocycles. The molecular weight excluding hydrogens is 564 g/mol. The van der Waals surface area contributed by atoms with Gasteiger partial charge in [0.1, 0.15) is 0 Å². The van der Waals surface area contributed by atoms with Gasteiger partial charge in [-0.25, -0.2) is 35.9 Å². The maximum absolute atomic E-state index is 12.5. The molecule has 0 bridgehead atoms.